The summed E-state index contributed by atoms with van der Waals surface area (Å²) in [6, 6.07) is 14.2. The van der Waals surface area contributed by atoms with Crippen molar-refractivity contribution in [3.8, 4) is 5.75 Å². The fourth-order valence-electron chi connectivity index (χ4n) is 3.86. The molecule has 1 aliphatic carbocycles. The van der Waals surface area contributed by atoms with Gasteiger partial charge in [-0.05, 0) is 56.4 Å². The van der Waals surface area contributed by atoms with Crippen molar-refractivity contribution in [2.75, 3.05) is 18.5 Å². The fraction of sp³-hybridized carbons (Fsp3) is 0.364. The number of aliphatic hydroxyl groups is 1. The summed E-state index contributed by atoms with van der Waals surface area (Å²) >= 11 is 0. The predicted octanol–water partition coefficient (Wildman–Crippen LogP) is 4.59. The van der Waals surface area contributed by atoms with Crippen molar-refractivity contribution in [3.63, 3.8) is 0 Å². The van der Waals surface area contributed by atoms with Crippen LogP contribution in [-0.2, 0) is 12.8 Å². The Balaban J connectivity index is 1.38. The van der Waals surface area contributed by atoms with Crippen LogP contribution in [0, 0.1) is 0 Å². The molecule has 136 valence electrons. The quantitative estimate of drug-likeness (QED) is 0.570. The van der Waals surface area contributed by atoms with Crippen molar-refractivity contribution in [3.05, 3.63) is 59.3 Å². The van der Waals surface area contributed by atoms with Crippen LogP contribution in [0.1, 0.15) is 42.7 Å². The lowest BCUT2D eigenvalue weighted by molar-refractivity contribution is 0.200. The summed E-state index contributed by atoms with van der Waals surface area (Å²) in [5.74, 6) is 0.890. The van der Waals surface area contributed by atoms with E-state index >= 15 is 0 Å². The molecule has 1 atom stereocenters. The number of hydrogen-bond donors (Lipinski definition) is 3. The summed E-state index contributed by atoms with van der Waals surface area (Å²) in [7, 11) is 0. The fourth-order valence-corrected chi connectivity index (χ4v) is 3.86. The number of aromatic nitrogens is 1. The third-order valence-electron chi connectivity index (χ3n) is 5.17. The van der Waals surface area contributed by atoms with Crippen LogP contribution in [0.4, 0.5) is 5.69 Å². The molecule has 0 amide bonds. The second kappa shape index (κ2) is 7.42. The third-order valence-corrected chi connectivity index (χ3v) is 5.17. The molecule has 0 saturated carbocycles. The highest BCUT2D eigenvalue weighted by molar-refractivity contribution is 5.86. The van der Waals surface area contributed by atoms with Gasteiger partial charge < -0.3 is 20.1 Å². The minimum atomic E-state index is -0.485. The summed E-state index contributed by atoms with van der Waals surface area (Å²) in [5, 5.41) is 14.5. The molecule has 4 heteroatoms. The van der Waals surface area contributed by atoms with Gasteiger partial charge in [0.15, 0.2) is 0 Å². The zero-order valence-electron chi connectivity index (χ0n) is 15.2. The first-order valence-corrected chi connectivity index (χ1v) is 9.49. The largest absolute Gasteiger partial charge is 0.492 e. The molecule has 0 saturated heterocycles. The van der Waals surface area contributed by atoms with Crippen molar-refractivity contribution in [1.29, 1.82) is 0 Å². The van der Waals surface area contributed by atoms with Crippen molar-refractivity contribution >= 4 is 16.6 Å². The lowest BCUT2D eigenvalue weighted by atomic mass is 9.96. The maximum atomic E-state index is 9.83. The van der Waals surface area contributed by atoms with Gasteiger partial charge in [0.1, 0.15) is 12.4 Å². The molecule has 0 spiro atoms. The van der Waals surface area contributed by atoms with Crippen molar-refractivity contribution in [2.24, 2.45) is 0 Å². The maximum Gasteiger partial charge on any atom is 0.121 e. The molecule has 0 aliphatic heterocycles. The van der Waals surface area contributed by atoms with E-state index in [9.17, 15) is 5.11 Å². The van der Waals surface area contributed by atoms with Gasteiger partial charge in [0.25, 0.3) is 0 Å². The van der Waals surface area contributed by atoms with Gasteiger partial charge in [-0.25, -0.2) is 0 Å². The van der Waals surface area contributed by atoms with E-state index in [0.717, 1.165) is 23.4 Å². The molecule has 0 radical (unpaired) electrons. The molecule has 1 aliphatic rings. The van der Waals surface area contributed by atoms with Crippen LogP contribution < -0.4 is 10.1 Å². The normalized spacial score (nSPS) is 14.8. The number of ether oxygens (including phenoxy) is 1. The molecule has 1 heterocycles. The van der Waals surface area contributed by atoms with E-state index < -0.39 is 6.10 Å². The first-order chi connectivity index (χ1) is 12.7. The lowest BCUT2D eigenvalue weighted by Crippen LogP contribution is -2.13. The molecular weight excluding hydrogens is 324 g/mol. The van der Waals surface area contributed by atoms with Gasteiger partial charge in [0.2, 0.25) is 0 Å². The highest BCUT2D eigenvalue weighted by Crippen LogP contribution is 2.31. The monoisotopic (exact) mass is 350 g/mol. The van der Waals surface area contributed by atoms with Gasteiger partial charge in [-0.1, -0.05) is 18.2 Å². The second-order valence-corrected chi connectivity index (χ2v) is 7.04. The van der Waals surface area contributed by atoms with Crippen LogP contribution in [0.25, 0.3) is 10.9 Å². The van der Waals surface area contributed by atoms with Gasteiger partial charge in [-0.15, -0.1) is 0 Å². The van der Waals surface area contributed by atoms with Crippen LogP contribution in [0.2, 0.25) is 0 Å². The number of hydrogen-bond acceptors (Lipinski definition) is 3. The van der Waals surface area contributed by atoms with Crippen molar-refractivity contribution < 1.29 is 9.84 Å². The van der Waals surface area contributed by atoms with E-state index in [1.807, 2.05) is 24.3 Å². The second-order valence-electron chi connectivity index (χ2n) is 7.04. The third kappa shape index (κ3) is 3.42. The average molecular weight is 350 g/mol. The number of aryl methyl sites for hydroxylation is 2. The number of fused-ring (bicyclic) bond motifs is 3. The number of benzene rings is 2. The van der Waals surface area contributed by atoms with Crippen LogP contribution in [0.5, 0.6) is 5.75 Å². The smallest absolute Gasteiger partial charge is 0.121 e. The number of anilines is 1. The Kier molecular flexibility index (Phi) is 4.85. The van der Waals surface area contributed by atoms with Crippen LogP contribution in [0.15, 0.2) is 42.5 Å². The summed E-state index contributed by atoms with van der Waals surface area (Å²) in [4.78, 5) is 3.57. The molecule has 3 N–H and O–H groups in total. The number of para-hydroxylation sites is 1. The summed E-state index contributed by atoms with van der Waals surface area (Å²) in [6.07, 6.45) is 4.43. The predicted molar refractivity (Wildman–Crippen MR) is 106 cm³/mol. The summed E-state index contributed by atoms with van der Waals surface area (Å²) < 4.78 is 5.92. The molecule has 0 unspecified atom stereocenters. The minimum absolute atomic E-state index is 0.485. The molecule has 0 fully saturated rings. The number of aliphatic hydroxyl groups excluding tert-OH is 1. The molecule has 0 bridgehead atoms. The molecular formula is C22H26N2O2. The topological polar surface area (TPSA) is 57.3 Å². The Bertz CT molecular complexity index is 898. The molecule has 2 aromatic carbocycles. The van der Waals surface area contributed by atoms with Crippen molar-refractivity contribution in [1.82, 2.24) is 4.98 Å². The Morgan fingerprint density at radius 3 is 2.88 bits per heavy atom. The number of rotatable bonds is 6. The molecule has 26 heavy (non-hydrogen) atoms. The first kappa shape index (κ1) is 17.0. The van der Waals surface area contributed by atoms with E-state index in [-0.39, 0.29) is 0 Å². The zero-order valence-corrected chi connectivity index (χ0v) is 15.2. The Morgan fingerprint density at radius 1 is 1.15 bits per heavy atom. The molecule has 4 nitrogen and oxygen atoms in total. The molecule has 4 rings (SSSR count). The van der Waals surface area contributed by atoms with Crippen LogP contribution in [0.3, 0.4) is 0 Å². The Hall–Kier alpha value is -2.46. The van der Waals surface area contributed by atoms with Gasteiger partial charge in [-0.3, -0.25) is 0 Å². The summed E-state index contributed by atoms with van der Waals surface area (Å²) in [6.45, 7) is 3.03. The number of aromatic amines is 1. The van der Waals surface area contributed by atoms with E-state index in [4.69, 9.17) is 4.74 Å². The standard InChI is InChI=1S/C22H26N2O2/c1-15(25)17-6-2-4-8-20(17)23-12-13-26-16-10-11-19-18-7-3-5-9-21(18)24-22(19)14-16/h2,4,6,8,10-11,14-15,23-25H,3,5,7,9,12-13H2,1H3/t15-/m0/s1. The minimum Gasteiger partial charge on any atom is -0.492 e. The highest BCUT2D eigenvalue weighted by atomic mass is 16.5. The van der Waals surface area contributed by atoms with Crippen LogP contribution in [-0.4, -0.2) is 23.2 Å². The van der Waals surface area contributed by atoms with Gasteiger partial charge in [0, 0.05) is 40.5 Å². The molecule has 3 aromatic rings. The highest BCUT2D eigenvalue weighted by Gasteiger charge is 2.15. The van der Waals surface area contributed by atoms with Gasteiger partial charge in [0.05, 0.1) is 6.10 Å². The first-order valence-electron chi connectivity index (χ1n) is 9.49. The van der Waals surface area contributed by atoms with E-state index in [2.05, 4.69) is 28.5 Å². The molecule has 1 aromatic heterocycles. The Labute approximate surface area is 154 Å². The van der Waals surface area contributed by atoms with Crippen molar-refractivity contribution in [2.45, 2.75) is 38.7 Å². The SMILES string of the molecule is C[C@H](O)c1ccccc1NCCOc1ccc2c3c([nH]c2c1)CCCC3. The Morgan fingerprint density at radius 2 is 2.00 bits per heavy atom. The average Bonchev–Trinajstić information content (AvgIpc) is 3.03. The van der Waals surface area contributed by atoms with Gasteiger partial charge >= 0.3 is 0 Å². The summed E-state index contributed by atoms with van der Waals surface area (Å²) in [5.41, 5.74) is 5.94. The number of nitrogens with one attached hydrogen (secondary N) is 2. The van der Waals surface area contributed by atoms with Gasteiger partial charge in [-0.2, -0.15) is 0 Å². The van der Waals surface area contributed by atoms with E-state index in [0.29, 0.717) is 13.2 Å². The maximum absolute atomic E-state index is 9.83. The number of H-pyrrole nitrogens is 1. The zero-order chi connectivity index (χ0) is 17.9. The van der Waals surface area contributed by atoms with E-state index in [1.165, 1.54) is 41.4 Å². The lowest BCUT2D eigenvalue weighted by Gasteiger charge is -2.14. The van der Waals surface area contributed by atoms with E-state index in [1.54, 1.807) is 6.92 Å². The van der Waals surface area contributed by atoms with Crippen LogP contribution >= 0.6 is 0 Å².